The number of ether oxygens (including phenoxy) is 1. The fourth-order valence-electron chi connectivity index (χ4n) is 3.03. The van der Waals surface area contributed by atoms with Crippen LogP contribution in [0.1, 0.15) is 24.4 Å². The third kappa shape index (κ3) is 2.39. The van der Waals surface area contributed by atoms with Crippen molar-refractivity contribution in [2.75, 3.05) is 6.54 Å². The van der Waals surface area contributed by atoms with Crippen LogP contribution in [0, 0.1) is 0 Å². The monoisotopic (exact) mass is 327 g/mol. The molecule has 0 aromatic heterocycles. The number of amidine groups is 1. The lowest BCUT2D eigenvalue weighted by molar-refractivity contribution is -0.127. The highest BCUT2D eigenvalue weighted by molar-refractivity contribution is 6.30. The number of carbonyl (C=O) groups is 1. The zero-order chi connectivity index (χ0) is 13.7. The van der Waals surface area contributed by atoms with E-state index in [1.165, 1.54) is 0 Å². The summed E-state index contributed by atoms with van der Waals surface area (Å²) in [5.74, 6) is 1.30. The molecule has 1 aromatic rings. The molecule has 0 bridgehead atoms. The van der Waals surface area contributed by atoms with Gasteiger partial charge in [0.25, 0.3) is 5.91 Å². The van der Waals surface area contributed by atoms with Crippen molar-refractivity contribution in [1.82, 2.24) is 10.6 Å². The van der Waals surface area contributed by atoms with E-state index in [0.717, 1.165) is 30.8 Å². The summed E-state index contributed by atoms with van der Waals surface area (Å²) in [5, 5.41) is 6.85. The lowest BCUT2D eigenvalue weighted by atomic mass is 10.0. The molecule has 1 saturated heterocycles. The van der Waals surface area contributed by atoms with Crippen LogP contribution >= 0.6 is 24.0 Å². The Morgan fingerprint density at radius 3 is 3.00 bits per heavy atom. The summed E-state index contributed by atoms with van der Waals surface area (Å²) in [5.41, 5.74) is 0.896. The van der Waals surface area contributed by atoms with Crippen LogP contribution in [0.15, 0.2) is 23.2 Å². The third-order valence-corrected chi connectivity index (χ3v) is 4.24. The molecule has 3 heterocycles. The van der Waals surface area contributed by atoms with Crippen LogP contribution in [0.25, 0.3) is 0 Å². The number of hydrogen-bond acceptors (Lipinski definition) is 4. The molecule has 0 spiro atoms. The molecule has 7 heteroatoms. The Morgan fingerprint density at radius 1 is 1.38 bits per heavy atom. The summed E-state index contributed by atoms with van der Waals surface area (Å²) < 4.78 is 5.69. The molecule has 1 aromatic carbocycles. The van der Waals surface area contributed by atoms with E-state index in [1.807, 2.05) is 6.07 Å². The van der Waals surface area contributed by atoms with Crippen molar-refractivity contribution in [2.24, 2.45) is 4.99 Å². The maximum Gasteiger partial charge on any atom is 0.269 e. The molecule has 1 amide bonds. The molecule has 0 saturated carbocycles. The van der Waals surface area contributed by atoms with Crippen molar-refractivity contribution in [3.05, 3.63) is 28.8 Å². The molecule has 0 radical (unpaired) electrons. The Hall–Kier alpha value is -1.30. The van der Waals surface area contributed by atoms with Gasteiger partial charge in [-0.15, -0.1) is 12.4 Å². The van der Waals surface area contributed by atoms with Crippen LogP contribution < -0.4 is 15.4 Å². The average molecular weight is 328 g/mol. The number of fused-ring (bicyclic) bond motifs is 3. The predicted octanol–water partition coefficient (Wildman–Crippen LogP) is 1.84. The lowest BCUT2D eigenvalue weighted by Gasteiger charge is -2.25. The minimum absolute atomic E-state index is 0. The Bertz CT molecular complexity index is 614. The number of nitrogens with one attached hydrogen (secondary N) is 2. The summed E-state index contributed by atoms with van der Waals surface area (Å²) in [6, 6.07) is 5.26. The molecular formula is C14H15Cl2N3O2. The largest absolute Gasteiger partial charge is 0.478 e. The van der Waals surface area contributed by atoms with Gasteiger partial charge >= 0.3 is 0 Å². The van der Waals surface area contributed by atoms with Crippen molar-refractivity contribution in [1.29, 1.82) is 0 Å². The zero-order valence-corrected chi connectivity index (χ0v) is 12.7. The van der Waals surface area contributed by atoms with Gasteiger partial charge < -0.3 is 15.4 Å². The van der Waals surface area contributed by atoms with Crippen molar-refractivity contribution in [2.45, 2.75) is 31.0 Å². The van der Waals surface area contributed by atoms with Gasteiger partial charge in [0.1, 0.15) is 17.6 Å². The van der Waals surface area contributed by atoms with Crippen molar-refractivity contribution in [3.63, 3.8) is 0 Å². The zero-order valence-electron chi connectivity index (χ0n) is 11.1. The highest BCUT2D eigenvalue weighted by Gasteiger charge is 2.44. The molecule has 21 heavy (non-hydrogen) atoms. The van der Waals surface area contributed by atoms with Crippen LogP contribution in [-0.2, 0) is 4.79 Å². The number of rotatable bonds is 1. The molecule has 3 aliphatic rings. The summed E-state index contributed by atoms with van der Waals surface area (Å²) in [6.45, 7) is 0.965. The van der Waals surface area contributed by atoms with E-state index >= 15 is 0 Å². The Labute approximate surface area is 133 Å². The second-order valence-corrected chi connectivity index (χ2v) is 5.75. The fourth-order valence-corrected chi connectivity index (χ4v) is 3.21. The molecule has 3 aliphatic heterocycles. The first-order valence-corrected chi connectivity index (χ1v) is 7.18. The Kier molecular flexibility index (Phi) is 3.82. The highest BCUT2D eigenvalue weighted by atomic mass is 35.5. The molecular weight excluding hydrogens is 313 g/mol. The summed E-state index contributed by atoms with van der Waals surface area (Å²) >= 11 is 6.04. The number of hydrogen-bond donors (Lipinski definition) is 2. The van der Waals surface area contributed by atoms with Gasteiger partial charge in [-0.3, -0.25) is 9.79 Å². The molecule has 2 N–H and O–H groups in total. The Balaban J connectivity index is 0.00000132. The van der Waals surface area contributed by atoms with Crippen molar-refractivity contribution < 1.29 is 9.53 Å². The van der Waals surface area contributed by atoms with Crippen LogP contribution in [0.5, 0.6) is 5.75 Å². The number of carbonyl (C=O) groups excluding carboxylic acids is 1. The number of benzene rings is 1. The van der Waals surface area contributed by atoms with Crippen LogP contribution in [0.2, 0.25) is 5.02 Å². The van der Waals surface area contributed by atoms with E-state index in [9.17, 15) is 4.79 Å². The third-order valence-electron chi connectivity index (χ3n) is 4.01. The number of aliphatic imine (C=N–C) groups is 1. The van der Waals surface area contributed by atoms with Crippen molar-refractivity contribution in [3.8, 4) is 5.75 Å². The molecule has 112 valence electrons. The van der Waals surface area contributed by atoms with Gasteiger partial charge in [0.2, 0.25) is 6.10 Å². The van der Waals surface area contributed by atoms with Gasteiger partial charge in [0.15, 0.2) is 0 Å². The van der Waals surface area contributed by atoms with E-state index in [1.54, 1.807) is 12.1 Å². The first kappa shape index (κ1) is 14.6. The van der Waals surface area contributed by atoms with Gasteiger partial charge in [0.05, 0.1) is 6.04 Å². The topological polar surface area (TPSA) is 62.7 Å². The number of amides is 1. The minimum atomic E-state index is -0.575. The fraction of sp³-hybridized carbons (Fsp3) is 0.429. The second kappa shape index (κ2) is 5.48. The maximum atomic E-state index is 12.2. The van der Waals surface area contributed by atoms with E-state index < -0.39 is 6.10 Å². The first-order chi connectivity index (χ1) is 9.72. The SMILES string of the molecule is Cl.O=C1NC([C@@H]2CCCN2)=NC2c3cc(Cl)ccc3OC12. The van der Waals surface area contributed by atoms with Gasteiger partial charge in [-0.2, -0.15) is 0 Å². The smallest absolute Gasteiger partial charge is 0.269 e. The molecule has 4 rings (SSSR count). The Morgan fingerprint density at radius 2 is 2.24 bits per heavy atom. The second-order valence-electron chi connectivity index (χ2n) is 5.32. The molecule has 1 fully saturated rings. The van der Waals surface area contributed by atoms with E-state index in [0.29, 0.717) is 10.8 Å². The average Bonchev–Trinajstić information content (AvgIpc) is 3.06. The van der Waals surface area contributed by atoms with E-state index in [2.05, 4.69) is 10.6 Å². The van der Waals surface area contributed by atoms with Gasteiger partial charge in [-0.25, -0.2) is 0 Å². The minimum Gasteiger partial charge on any atom is -0.478 e. The normalized spacial score (nSPS) is 29.7. The summed E-state index contributed by atoms with van der Waals surface area (Å²) in [7, 11) is 0. The summed E-state index contributed by atoms with van der Waals surface area (Å²) in [6.07, 6.45) is 1.53. The highest BCUT2D eigenvalue weighted by Crippen LogP contribution is 2.42. The predicted molar refractivity (Wildman–Crippen MR) is 82.5 cm³/mol. The van der Waals surface area contributed by atoms with Gasteiger partial charge in [0, 0.05) is 10.6 Å². The standard InChI is InChI=1S/C14H14ClN3O2.ClH/c15-7-3-4-10-8(6-7)11-12(20-10)14(19)18-13(17-11)9-2-1-5-16-9;/h3-4,6,9,11-12,16H,1-2,5H2,(H,17,18,19);1H/t9-,11?,12?;/m0./s1. The van der Waals surface area contributed by atoms with Gasteiger partial charge in [-0.1, -0.05) is 11.6 Å². The van der Waals surface area contributed by atoms with Crippen molar-refractivity contribution >= 4 is 35.8 Å². The number of nitrogens with zero attached hydrogens (tertiary/aromatic N) is 1. The number of halogens is 2. The molecule has 2 unspecified atom stereocenters. The molecule has 0 aliphatic carbocycles. The summed E-state index contributed by atoms with van der Waals surface area (Å²) in [4.78, 5) is 16.9. The maximum absolute atomic E-state index is 12.2. The van der Waals surface area contributed by atoms with Gasteiger partial charge in [-0.05, 0) is 37.6 Å². The first-order valence-electron chi connectivity index (χ1n) is 6.80. The van der Waals surface area contributed by atoms with Crippen LogP contribution in [0.4, 0.5) is 0 Å². The molecule has 3 atom stereocenters. The van der Waals surface area contributed by atoms with Crippen LogP contribution in [0.3, 0.4) is 0 Å². The molecule has 5 nitrogen and oxygen atoms in total. The van der Waals surface area contributed by atoms with E-state index in [4.69, 9.17) is 21.3 Å². The van der Waals surface area contributed by atoms with Crippen LogP contribution in [-0.4, -0.2) is 30.4 Å². The van der Waals surface area contributed by atoms with E-state index in [-0.39, 0.29) is 30.4 Å². The lowest BCUT2D eigenvalue weighted by Crippen LogP contribution is -2.52. The quantitative estimate of drug-likeness (QED) is 0.827.